The van der Waals surface area contributed by atoms with Crippen LogP contribution in [0.5, 0.6) is 0 Å². The maximum atomic E-state index is 13.0. The Hall–Kier alpha value is -0.930. The Bertz CT molecular complexity index is 818. The largest absolute Gasteiger partial charge is 0.393 e. The molecule has 0 amide bonds. The first-order valence-electron chi connectivity index (χ1n) is 13.3. The normalized spacial score (nSPS) is 40.0. The van der Waals surface area contributed by atoms with Gasteiger partial charge in [0, 0.05) is 10.6 Å². The van der Waals surface area contributed by atoms with Gasteiger partial charge in [-0.15, -0.1) is 0 Å². The zero-order chi connectivity index (χ0) is 22.9. The van der Waals surface area contributed by atoms with Crippen molar-refractivity contribution >= 4 is 10.8 Å². The maximum absolute atomic E-state index is 13.0. The first-order chi connectivity index (χ1) is 15.5. The van der Waals surface area contributed by atoms with Crippen LogP contribution >= 0.6 is 0 Å². The summed E-state index contributed by atoms with van der Waals surface area (Å²) in [6.07, 6.45) is 12.2. The van der Waals surface area contributed by atoms with E-state index in [0.29, 0.717) is 17.3 Å². The maximum Gasteiger partial charge on any atom is 0.0577 e. The fraction of sp³-hybridized carbons (Fsp3) is 0.724. The molecule has 0 saturated heterocycles. The molecule has 4 aliphatic rings. The Labute approximate surface area is 198 Å². The van der Waals surface area contributed by atoms with Crippen LogP contribution in [0.3, 0.4) is 0 Å². The summed E-state index contributed by atoms with van der Waals surface area (Å²) in [5.74, 6) is 5.28. The zero-order valence-corrected chi connectivity index (χ0v) is 21.4. The second kappa shape index (κ2) is 10.1. The summed E-state index contributed by atoms with van der Waals surface area (Å²) in [6.45, 7) is 8.95. The average Bonchev–Trinajstić information content (AvgIpc) is 3.18. The second-order valence-corrected chi connectivity index (χ2v) is 12.5. The third-order valence-corrected chi connectivity index (χ3v) is 11.2. The molecular weight excluding hydrogens is 412 g/mol. The van der Waals surface area contributed by atoms with Gasteiger partial charge in [-0.2, -0.15) is 0 Å². The molecule has 3 saturated carbocycles. The van der Waals surface area contributed by atoms with Gasteiger partial charge in [0.25, 0.3) is 0 Å². The highest BCUT2D eigenvalue weighted by Gasteiger charge is 2.56. The highest BCUT2D eigenvalue weighted by atomic mass is 32.2. The van der Waals surface area contributed by atoms with Crippen LogP contribution in [-0.4, -0.2) is 21.2 Å². The molecule has 1 aromatic carbocycles. The zero-order valence-electron chi connectivity index (χ0n) is 20.6. The molecule has 9 atom stereocenters. The van der Waals surface area contributed by atoms with E-state index in [1.54, 1.807) is 5.57 Å². The molecule has 8 unspecified atom stereocenters. The molecule has 0 aromatic heterocycles. The van der Waals surface area contributed by atoms with Crippen LogP contribution < -0.4 is 0 Å². The van der Waals surface area contributed by atoms with Crippen LogP contribution in [0.1, 0.15) is 79.1 Å². The molecule has 4 aliphatic carbocycles. The quantitative estimate of drug-likeness (QED) is 0.495. The minimum Gasteiger partial charge on any atom is -0.393 e. The molecule has 32 heavy (non-hydrogen) atoms. The molecule has 178 valence electrons. The van der Waals surface area contributed by atoms with Crippen molar-refractivity contribution in [1.82, 2.24) is 0 Å². The van der Waals surface area contributed by atoms with Crippen molar-refractivity contribution in [3.05, 3.63) is 42.0 Å². The van der Waals surface area contributed by atoms with Gasteiger partial charge in [0.05, 0.1) is 16.9 Å². The molecule has 0 radical (unpaired) electrons. The Morgan fingerprint density at radius 3 is 2.56 bits per heavy atom. The summed E-state index contributed by atoms with van der Waals surface area (Å²) in [6, 6.07) is 10.0. The first kappa shape index (κ1) is 24.2. The van der Waals surface area contributed by atoms with Crippen molar-refractivity contribution in [3.63, 3.8) is 0 Å². The van der Waals surface area contributed by atoms with Gasteiger partial charge in [-0.3, -0.25) is 4.21 Å². The minimum atomic E-state index is -0.890. The molecule has 5 rings (SSSR count). The van der Waals surface area contributed by atoms with Crippen LogP contribution in [0.15, 0.2) is 46.9 Å². The van der Waals surface area contributed by atoms with Gasteiger partial charge in [0.2, 0.25) is 0 Å². The van der Waals surface area contributed by atoms with E-state index >= 15 is 0 Å². The van der Waals surface area contributed by atoms with Gasteiger partial charge >= 0.3 is 0 Å². The molecule has 3 heteroatoms. The summed E-state index contributed by atoms with van der Waals surface area (Å²) in [5.41, 5.74) is 2.00. The van der Waals surface area contributed by atoms with E-state index in [1.165, 1.54) is 38.5 Å². The van der Waals surface area contributed by atoms with E-state index in [1.807, 2.05) is 44.2 Å². The van der Waals surface area contributed by atoms with Crippen LogP contribution in [0, 0.1) is 40.9 Å². The lowest BCUT2D eigenvalue weighted by atomic mass is 9.51. The predicted octanol–water partition coefficient (Wildman–Crippen LogP) is 7.01. The Morgan fingerprint density at radius 2 is 1.81 bits per heavy atom. The first-order valence-corrected chi connectivity index (χ1v) is 14.6. The number of fused-ring (bicyclic) bond motifs is 5. The number of allylic oxidation sites excluding steroid dienone is 1. The summed E-state index contributed by atoms with van der Waals surface area (Å²) in [5, 5.41) is 10.1. The van der Waals surface area contributed by atoms with E-state index in [2.05, 4.69) is 19.9 Å². The highest BCUT2D eigenvalue weighted by Crippen LogP contribution is 2.64. The number of benzene rings is 1. The van der Waals surface area contributed by atoms with Gasteiger partial charge in [-0.1, -0.05) is 57.5 Å². The molecule has 1 aromatic rings. The standard InChI is InChI=1S/C27H38O2S.C2H6/c1-18(17-30(29)21-6-4-3-5-7-21)25-12-13-26-24-10-8-19-16-20(28)9-11-22(19)23(24)14-15-27(25,26)2;1-2/h3-8,18,20,22-26,28H,9-17H2,1-2H3;1-2H3/t18-,20?,22?,23?,24?,25?,26?,27?,30?;/m1./s1. The second-order valence-electron chi connectivity index (χ2n) is 11.0. The van der Waals surface area contributed by atoms with Gasteiger partial charge in [-0.25, -0.2) is 0 Å². The fourth-order valence-electron chi connectivity index (χ4n) is 8.25. The summed E-state index contributed by atoms with van der Waals surface area (Å²) >= 11 is 0. The van der Waals surface area contributed by atoms with Crippen molar-refractivity contribution in [1.29, 1.82) is 0 Å². The molecule has 3 fully saturated rings. The Balaban J connectivity index is 0.00000119. The van der Waals surface area contributed by atoms with Crippen LogP contribution in [-0.2, 0) is 10.8 Å². The van der Waals surface area contributed by atoms with Crippen molar-refractivity contribution < 1.29 is 9.32 Å². The van der Waals surface area contributed by atoms with Crippen molar-refractivity contribution in [3.8, 4) is 0 Å². The Kier molecular flexibility index (Phi) is 7.67. The predicted molar refractivity (Wildman–Crippen MR) is 135 cm³/mol. The monoisotopic (exact) mass is 456 g/mol. The molecule has 0 heterocycles. The Morgan fingerprint density at radius 1 is 1.06 bits per heavy atom. The summed E-state index contributed by atoms with van der Waals surface area (Å²) in [4.78, 5) is 0.984. The molecule has 2 nitrogen and oxygen atoms in total. The molecule has 0 bridgehead atoms. The lowest BCUT2D eigenvalue weighted by molar-refractivity contribution is -0.0265. The number of hydrogen-bond donors (Lipinski definition) is 1. The lowest BCUT2D eigenvalue weighted by Crippen LogP contribution is -2.47. The van der Waals surface area contributed by atoms with Gasteiger partial charge in [0.1, 0.15) is 0 Å². The van der Waals surface area contributed by atoms with Crippen LogP contribution in [0.4, 0.5) is 0 Å². The molecule has 0 aliphatic heterocycles. The van der Waals surface area contributed by atoms with E-state index in [4.69, 9.17) is 0 Å². The molecule has 1 N–H and O–H groups in total. The van der Waals surface area contributed by atoms with Crippen molar-refractivity contribution in [2.45, 2.75) is 90.1 Å². The van der Waals surface area contributed by atoms with E-state index in [0.717, 1.165) is 47.2 Å². The van der Waals surface area contributed by atoms with E-state index in [9.17, 15) is 9.32 Å². The molecular formula is C29H44O2S. The topological polar surface area (TPSA) is 37.3 Å². The van der Waals surface area contributed by atoms with Crippen molar-refractivity contribution in [2.24, 2.45) is 40.9 Å². The smallest absolute Gasteiger partial charge is 0.0577 e. The van der Waals surface area contributed by atoms with Crippen LogP contribution in [0.2, 0.25) is 0 Å². The van der Waals surface area contributed by atoms with Crippen molar-refractivity contribution in [2.75, 3.05) is 5.75 Å². The molecule has 0 spiro atoms. The van der Waals surface area contributed by atoms with Crippen LogP contribution in [0.25, 0.3) is 0 Å². The highest BCUT2D eigenvalue weighted by molar-refractivity contribution is 7.85. The van der Waals surface area contributed by atoms with Gasteiger partial charge in [0.15, 0.2) is 0 Å². The number of aliphatic hydroxyl groups excluding tert-OH is 1. The number of aliphatic hydroxyl groups is 1. The average molecular weight is 457 g/mol. The number of rotatable bonds is 4. The SMILES string of the molecule is CC.C[C@H](CS(=O)c1ccccc1)C1CCC2C3CC=C4CC(O)CCC4C3CCC21C. The summed E-state index contributed by atoms with van der Waals surface area (Å²) < 4.78 is 13.0. The fourth-order valence-corrected chi connectivity index (χ4v) is 9.61. The van der Waals surface area contributed by atoms with E-state index in [-0.39, 0.29) is 6.10 Å². The third kappa shape index (κ3) is 4.41. The number of hydrogen-bond acceptors (Lipinski definition) is 2. The van der Waals surface area contributed by atoms with Gasteiger partial charge in [-0.05, 0) is 104 Å². The third-order valence-electron chi connectivity index (χ3n) is 9.60. The van der Waals surface area contributed by atoms with Gasteiger partial charge < -0.3 is 5.11 Å². The lowest BCUT2D eigenvalue weighted by Gasteiger charge is -2.54. The summed E-state index contributed by atoms with van der Waals surface area (Å²) in [7, 11) is -0.890. The minimum absolute atomic E-state index is 0.0971. The van der Waals surface area contributed by atoms with E-state index < -0.39 is 10.8 Å².